The second kappa shape index (κ2) is 9.68. The lowest BCUT2D eigenvalue weighted by atomic mass is 10.2. The van der Waals surface area contributed by atoms with Gasteiger partial charge in [-0.05, 0) is 18.2 Å². The molecule has 9 rings (SSSR count). The summed E-state index contributed by atoms with van der Waals surface area (Å²) >= 11 is 0. The third-order valence-corrected chi connectivity index (χ3v) is 8.16. The van der Waals surface area contributed by atoms with Crippen molar-refractivity contribution in [2.24, 2.45) is 0 Å². The first kappa shape index (κ1) is 24.4. The zero-order valence-electron chi connectivity index (χ0n) is 23.4. The average molecular weight is 566 g/mol. The van der Waals surface area contributed by atoms with Crippen LogP contribution in [0.15, 0.2) is 140 Å². The number of aromatic nitrogens is 7. The van der Waals surface area contributed by atoms with Gasteiger partial charge in [0.15, 0.2) is 11.6 Å². The largest absolute Gasteiger partial charge is 0.306 e. The van der Waals surface area contributed by atoms with Crippen LogP contribution in [0.2, 0.25) is 0 Å². The molecule has 9 aromatic rings. The molecule has 0 bridgehead atoms. The van der Waals surface area contributed by atoms with Crippen LogP contribution in [0.3, 0.4) is 0 Å². The Hall–Kier alpha value is -6.21. The van der Waals surface area contributed by atoms with E-state index in [4.69, 9.17) is 19.9 Å². The van der Waals surface area contributed by atoms with Crippen LogP contribution in [0.1, 0.15) is 0 Å². The fourth-order valence-corrected chi connectivity index (χ4v) is 6.24. The molecule has 0 N–H and O–H groups in total. The van der Waals surface area contributed by atoms with Gasteiger partial charge in [0.05, 0.1) is 34.0 Å². The summed E-state index contributed by atoms with van der Waals surface area (Å²) in [6.07, 6.45) is 7.54. The van der Waals surface area contributed by atoms with Crippen molar-refractivity contribution in [2.45, 2.75) is 0 Å². The van der Waals surface area contributed by atoms with Gasteiger partial charge in [-0.2, -0.15) is 9.97 Å². The van der Waals surface area contributed by atoms with Crippen molar-refractivity contribution in [3.8, 4) is 34.4 Å². The van der Waals surface area contributed by atoms with E-state index in [2.05, 4.69) is 62.6 Å². The molecule has 0 atom stereocenters. The summed E-state index contributed by atoms with van der Waals surface area (Å²) in [5, 5.41) is 4.31. The van der Waals surface area contributed by atoms with Gasteiger partial charge in [-0.3, -0.25) is 14.5 Å². The normalized spacial score (nSPS) is 11.6. The second-order valence-electron chi connectivity index (χ2n) is 10.7. The molecule has 5 heterocycles. The Morgan fingerprint density at radius 1 is 0.409 bits per heavy atom. The van der Waals surface area contributed by atoms with Crippen molar-refractivity contribution in [2.75, 3.05) is 0 Å². The zero-order chi connectivity index (χ0) is 29.0. The maximum absolute atomic E-state index is 5.11. The van der Waals surface area contributed by atoms with Crippen LogP contribution in [0, 0.1) is 0 Å². The Bertz CT molecular complexity index is 2390. The highest BCUT2D eigenvalue weighted by Gasteiger charge is 2.22. The summed E-state index contributed by atoms with van der Waals surface area (Å²) < 4.78 is 4.42. The first-order chi connectivity index (χ1) is 21.8. The molecule has 0 spiro atoms. The number of hydrogen-bond acceptors (Lipinski definition) is 5. The van der Waals surface area contributed by atoms with Crippen LogP contribution < -0.4 is 0 Å². The van der Waals surface area contributed by atoms with E-state index in [1.54, 1.807) is 0 Å². The predicted octanol–water partition coefficient (Wildman–Crippen LogP) is 8.19. The quantitative estimate of drug-likeness (QED) is 0.215. The molecule has 0 amide bonds. The Labute approximate surface area is 251 Å². The molecule has 7 heteroatoms. The maximum atomic E-state index is 5.11. The van der Waals surface area contributed by atoms with E-state index < -0.39 is 0 Å². The standard InChI is InChI=1S/C37H23N7/c1-3-11-24(12-4-1)35-40-36(25-13-5-2-6-14-25)42-37(41-35)44-32-19-20-38-21-28(32)29-22-39-23-33(34(29)44)43-30-17-9-7-15-26(30)27-16-8-10-18-31(27)43/h1-23H. The number of para-hydroxylation sites is 2. The van der Waals surface area contributed by atoms with Crippen molar-refractivity contribution in [3.05, 3.63) is 140 Å². The SMILES string of the molecule is c1ccc(-c2nc(-c3ccccc3)nc(-n3c4ccncc4c4cncc(-n5c6ccccc6c6ccccc65)c43)n2)cc1. The first-order valence-electron chi connectivity index (χ1n) is 14.4. The zero-order valence-corrected chi connectivity index (χ0v) is 23.4. The van der Waals surface area contributed by atoms with Crippen LogP contribution in [0.25, 0.3) is 78.0 Å². The van der Waals surface area contributed by atoms with Gasteiger partial charge in [-0.15, -0.1) is 0 Å². The molecule has 0 aliphatic rings. The summed E-state index contributed by atoms with van der Waals surface area (Å²) in [7, 11) is 0. The van der Waals surface area contributed by atoms with Crippen molar-refractivity contribution < 1.29 is 0 Å². The third kappa shape index (κ3) is 3.66. The van der Waals surface area contributed by atoms with Crippen molar-refractivity contribution >= 4 is 43.6 Å². The van der Waals surface area contributed by atoms with Gasteiger partial charge >= 0.3 is 0 Å². The van der Waals surface area contributed by atoms with Gasteiger partial charge in [0.2, 0.25) is 5.95 Å². The minimum Gasteiger partial charge on any atom is -0.306 e. The molecule has 7 nitrogen and oxygen atoms in total. The van der Waals surface area contributed by atoms with Crippen LogP contribution in [-0.2, 0) is 0 Å². The molecule has 5 aromatic heterocycles. The molecule has 0 saturated heterocycles. The van der Waals surface area contributed by atoms with Crippen LogP contribution in [0.5, 0.6) is 0 Å². The molecule has 0 radical (unpaired) electrons. The van der Waals surface area contributed by atoms with E-state index in [1.807, 2.05) is 91.5 Å². The highest BCUT2D eigenvalue weighted by Crippen LogP contribution is 2.38. The molecule has 0 aliphatic heterocycles. The Kier molecular flexibility index (Phi) is 5.36. The summed E-state index contributed by atoms with van der Waals surface area (Å²) in [5.74, 6) is 1.73. The van der Waals surface area contributed by atoms with Crippen LogP contribution >= 0.6 is 0 Å². The first-order valence-corrected chi connectivity index (χ1v) is 14.4. The van der Waals surface area contributed by atoms with Crippen LogP contribution in [0.4, 0.5) is 0 Å². The Morgan fingerprint density at radius 2 is 0.955 bits per heavy atom. The number of rotatable bonds is 4. The van der Waals surface area contributed by atoms with Crippen molar-refractivity contribution in [1.82, 2.24) is 34.1 Å². The Balaban J connectivity index is 1.43. The molecule has 0 aliphatic carbocycles. The highest BCUT2D eigenvalue weighted by molar-refractivity contribution is 6.14. The van der Waals surface area contributed by atoms with E-state index in [-0.39, 0.29) is 0 Å². The van der Waals surface area contributed by atoms with E-state index in [0.29, 0.717) is 17.6 Å². The van der Waals surface area contributed by atoms with E-state index in [1.165, 1.54) is 10.8 Å². The monoisotopic (exact) mass is 565 g/mol. The molecule has 4 aromatic carbocycles. The fraction of sp³-hybridized carbons (Fsp3) is 0. The van der Waals surface area contributed by atoms with Gasteiger partial charge in [-0.25, -0.2) is 4.98 Å². The van der Waals surface area contributed by atoms with Crippen molar-refractivity contribution in [1.29, 1.82) is 0 Å². The second-order valence-corrected chi connectivity index (χ2v) is 10.7. The van der Waals surface area contributed by atoms with Crippen LogP contribution in [-0.4, -0.2) is 34.1 Å². The van der Waals surface area contributed by atoms with E-state index in [0.717, 1.165) is 49.7 Å². The number of pyridine rings is 2. The molecular formula is C37H23N7. The highest BCUT2D eigenvalue weighted by atomic mass is 15.2. The van der Waals surface area contributed by atoms with Gasteiger partial charge in [0.25, 0.3) is 0 Å². The smallest absolute Gasteiger partial charge is 0.238 e. The average Bonchev–Trinajstić information content (AvgIpc) is 3.62. The number of nitrogens with zero attached hydrogens (tertiary/aromatic N) is 7. The fourth-order valence-electron chi connectivity index (χ4n) is 6.24. The van der Waals surface area contributed by atoms with Gasteiger partial charge in [0, 0.05) is 51.3 Å². The minimum atomic E-state index is 0.525. The molecule has 0 fully saturated rings. The lowest BCUT2D eigenvalue weighted by molar-refractivity contribution is 0.948. The molecule has 206 valence electrons. The topological polar surface area (TPSA) is 74.3 Å². The predicted molar refractivity (Wildman–Crippen MR) is 175 cm³/mol. The summed E-state index contributed by atoms with van der Waals surface area (Å²) in [6, 6.07) is 39.1. The number of fused-ring (bicyclic) bond motifs is 6. The minimum absolute atomic E-state index is 0.525. The number of benzene rings is 4. The van der Waals surface area contributed by atoms with Crippen molar-refractivity contribution in [3.63, 3.8) is 0 Å². The van der Waals surface area contributed by atoms with Gasteiger partial charge in [0.1, 0.15) is 0 Å². The summed E-state index contributed by atoms with van der Waals surface area (Å²) in [4.78, 5) is 24.4. The molecule has 44 heavy (non-hydrogen) atoms. The van der Waals surface area contributed by atoms with Gasteiger partial charge < -0.3 is 4.57 Å². The molecular weight excluding hydrogens is 542 g/mol. The lowest BCUT2D eigenvalue weighted by Crippen LogP contribution is -2.08. The summed E-state index contributed by atoms with van der Waals surface area (Å²) in [6.45, 7) is 0. The third-order valence-electron chi connectivity index (χ3n) is 8.16. The van der Waals surface area contributed by atoms with Gasteiger partial charge in [-0.1, -0.05) is 97.1 Å². The maximum Gasteiger partial charge on any atom is 0.238 e. The lowest BCUT2D eigenvalue weighted by Gasteiger charge is -2.14. The Morgan fingerprint density at radius 3 is 1.59 bits per heavy atom. The van der Waals surface area contributed by atoms with E-state index >= 15 is 0 Å². The summed E-state index contributed by atoms with van der Waals surface area (Å²) in [5.41, 5.74) is 6.85. The molecule has 0 saturated carbocycles. The van der Waals surface area contributed by atoms with E-state index in [9.17, 15) is 0 Å². The molecule has 0 unspecified atom stereocenters. The number of hydrogen-bond donors (Lipinski definition) is 0.